The molecule has 3 nitrogen and oxygen atoms in total. The number of hydrogen-bond acceptors (Lipinski definition) is 3. The van der Waals surface area contributed by atoms with Crippen LogP contribution in [0.3, 0.4) is 0 Å². The Morgan fingerprint density at radius 2 is 2.08 bits per heavy atom. The first-order valence-corrected chi connectivity index (χ1v) is 4.41. The zero-order valence-corrected chi connectivity index (χ0v) is 8.52. The molecular weight excluding hydrogens is 200 g/mol. The molecule has 0 aliphatic rings. The maximum Gasteiger partial charge on any atom is 0.313 e. The summed E-state index contributed by atoms with van der Waals surface area (Å²) in [5, 5.41) is 8.51. The van der Waals surface area contributed by atoms with Gasteiger partial charge in [-0.15, -0.1) is 11.6 Å². The van der Waals surface area contributed by atoms with Crippen LogP contribution in [0.4, 0.5) is 0 Å². The summed E-state index contributed by atoms with van der Waals surface area (Å²) >= 11 is 9.58. The van der Waals surface area contributed by atoms with E-state index >= 15 is 0 Å². The summed E-state index contributed by atoms with van der Waals surface area (Å²) in [7, 11) is 0. The second-order valence-corrected chi connectivity index (χ2v) is 3.93. The van der Waals surface area contributed by atoms with Crippen molar-refractivity contribution in [2.45, 2.75) is 18.7 Å². The van der Waals surface area contributed by atoms with E-state index in [1.807, 2.05) is 0 Å². The van der Waals surface area contributed by atoms with Crippen molar-refractivity contribution in [3.63, 3.8) is 0 Å². The summed E-state index contributed by atoms with van der Waals surface area (Å²) in [6.07, 6.45) is 0. The van der Waals surface area contributed by atoms with E-state index in [4.69, 9.17) is 16.7 Å². The van der Waals surface area contributed by atoms with Crippen molar-refractivity contribution in [1.29, 1.82) is 0 Å². The van der Waals surface area contributed by atoms with Crippen LogP contribution in [-0.2, 0) is 9.59 Å². The monoisotopic (exact) mass is 210 g/mol. The number of carboxylic acids is 1. The molecule has 0 aromatic heterocycles. The molecule has 0 bridgehead atoms. The third-order valence-electron chi connectivity index (χ3n) is 1.57. The fourth-order valence-electron chi connectivity index (χ4n) is 0.641. The lowest BCUT2D eigenvalue weighted by atomic mass is 9.96. The lowest BCUT2D eigenvalue weighted by Crippen LogP contribution is -2.38. The Balaban J connectivity index is 4.49. The lowest BCUT2D eigenvalue weighted by molar-refractivity contribution is -0.146. The Labute approximate surface area is 81.5 Å². The molecule has 0 amide bonds. The molecule has 0 saturated heterocycles. The molecule has 0 aromatic rings. The maximum absolute atomic E-state index is 11.3. The second kappa shape index (κ2) is 4.14. The van der Waals surface area contributed by atoms with Crippen LogP contribution < -0.4 is 0 Å². The molecule has 0 rings (SSSR count). The van der Waals surface area contributed by atoms with E-state index < -0.39 is 22.5 Å². The quantitative estimate of drug-likeness (QED) is 0.417. The maximum atomic E-state index is 11.3. The molecule has 2 unspecified atom stereocenters. The standard InChI is InChI=1S/C7H11ClO3S/c1-4(6(10)11)5(9)7(2,8)3-12/h4,12H,3H2,1-2H3,(H,10,11). The minimum atomic E-state index is -1.18. The predicted octanol–water partition coefficient (Wildman–Crippen LogP) is 1.20. The van der Waals surface area contributed by atoms with Crippen molar-refractivity contribution in [2.75, 3.05) is 5.75 Å². The van der Waals surface area contributed by atoms with E-state index in [9.17, 15) is 9.59 Å². The molecule has 12 heavy (non-hydrogen) atoms. The van der Waals surface area contributed by atoms with Gasteiger partial charge in [0.1, 0.15) is 10.8 Å². The minimum Gasteiger partial charge on any atom is -0.481 e. The number of aliphatic carboxylic acids is 1. The molecule has 2 atom stereocenters. The normalized spacial score (nSPS) is 18.0. The van der Waals surface area contributed by atoms with Crippen LogP contribution in [-0.4, -0.2) is 27.5 Å². The number of carbonyl (C=O) groups excluding carboxylic acids is 1. The van der Waals surface area contributed by atoms with Gasteiger partial charge in [-0.3, -0.25) is 9.59 Å². The Bertz CT molecular complexity index is 203. The van der Waals surface area contributed by atoms with Gasteiger partial charge in [0.25, 0.3) is 0 Å². The van der Waals surface area contributed by atoms with E-state index in [-0.39, 0.29) is 5.75 Å². The number of rotatable bonds is 4. The molecular formula is C7H11ClO3S. The molecule has 0 aliphatic carbocycles. The fourth-order valence-corrected chi connectivity index (χ4v) is 0.961. The van der Waals surface area contributed by atoms with Crippen molar-refractivity contribution in [2.24, 2.45) is 5.92 Å². The highest BCUT2D eigenvalue weighted by molar-refractivity contribution is 7.80. The first-order chi connectivity index (χ1) is 5.33. The number of hydrogen-bond donors (Lipinski definition) is 2. The van der Waals surface area contributed by atoms with Gasteiger partial charge in [-0.1, -0.05) is 0 Å². The summed E-state index contributed by atoms with van der Waals surface area (Å²) in [6, 6.07) is 0. The van der Waals surface area contributed by atoms with E-state index in [0.717, 1.165) is 0 Å². The fraction of sp³-hybridized carbons (Fsp3) is 0.714. The average molecular weight is 211 g/mol. The van der Waals surface area contributed by atoms with Gasteiger partial charge in [0, 0.05) is 5.75 Å². The van der Waals surface area contributed by atoms with E-state index in [1.54, 1.807) is 0 Å². The highest BCUT2D eigenvalue weighted by Gasteiger charge is 2.35. The van der Waals surface area contributed by atoms with Crippen molar-refractivity contribution < 1.29 is 14.7 Å². The Morgan fingerprint density at radius 3 is 2.33 bits per heavy atom. The molecule has 5 heteroatoms. The minimum absolute atomic E-state index is 0.130. The molecule has 0 heterocycles. The lowest BCUT2D eigenvalue weighted by Gasteiger charge is -2.19. The van der Waals surface area contributed by atoms with Crippen molar-refractivity contribution in [3.05, 3.63) is 0 Å². The second-order valence-electron chi connectivity index (χ2n) is 2.78. The molecule has 0 radical (unpaired) electrons. The van der Waals surface area contributed by atoms with Gasteiger partial charge in [0.2, 0.25) is 0 Å². The third-order valence-corrected chi connectivity index (χ3v) is 2.71. The van der Waals surface area contributed by atoms with Crippen molar-refractivity contribution in [1.82, 2.24) is 0 Å². The van der Waals surface area contributed by atoms with Crippen LogP contribution in [0, 0.1) is 5.92 Å². The number of halogens is 1. The first kappa shape index (κ1) is 11.8. The van der Waals surface area contributed by atoms with Gasteiger partial charge >= 0.3 is 5.97 Å². The Kier molecular flexibility index (Phi) is 4.06. The van der Waals surface area contributed by atoms with E-state index in [2.05, 4.69) is 12.6 Å². The van der Waals surface area contributed by atoms with Gasteiger partial charge in [-0.05, 0) is 13.8 Å². The van der Waals surface area contributed by atoms with Crippen LogP contribution >= 0.6 is 24.2 Å². The van der Waals surface area contributed by atoms with Gasteiger partial charge < -0.3 is 5.11 Å². The van der Waals surface area contributed by atoms with Crippen molar-refractivity contribution in [3.8, 4) is 0 Å². The summed E-state index contributed by atoms with van der Waals surface area (Å²) in [6.45, 7) is 2.78. The number of carboxylic acid groups (broad SMARTS) is 1. The number of ketones is 1. The average Bonchev–Trinajstić information content (AvgIpc) is 2.01. The molecule has 70 valence electrons. The molecule has 0 fully saturated rings. The van der Waals surface area contributed by atoms with Crippen molar-refractivity contribution >= 4 is 36.0 Å². The number of thiol groups is 1. The summed E-state index contributed by atoms with van der Waals surface area (Å²) < 4.78 is 0. The van der Waals surface area contributed by atoms with Crippen LogP contribution in [0.25, 0.3) is 0 Å². The van der Waals surface area contributed by atoms with E-state index in [1.165, 1.54) is 13.8 Å². The number of Topliss-reactive ketones (excluding diaryl/α,β-unsaturated/α-hetero) is 1. The smallest absolute Gasteiger partial charge is 0.313 e. The summed E-state index contributed by atoms with van der Waals surface area (Å²) in [5.74, 6) is -2.61. The number of carbonyl (C=O) groups is 2. The van der Waals surface area contributed by atoms with Gasteiger partial charge in [0.15, 0.2) is 5.78 Å². The molecule has 0 spiro atoms. The zero-order valence-electron chi connectivity index (χ0n) is 6.87. The van der Waals surface area contributed by atoms with Crippen LogP contribution in [0.2, 0.25) is 0 Å². The van der Waals surface area contributed by atoms with Crippen LogP contribution in [0.15, 0.2) is 0 Å². The van der Waals surface area contributed by atoms with Gasteiger partial charge in [-0.25, -0.2) is 0 Å². The third kappa shape index (κ3) is 2.68. The van der Waals surface area contributed by atoms with Gasteiger partial charge in [0.05, 0.1) is 0 Å². The van der Waals surface area contributed by atoms with Crippen LogP contribution in [0.1, 0.15) is 13.8 Å². The zero-order chi connectivity index (χ0) is 9.94. The Morgan fingerprint density at radius 1 is 1.67 bits per heavy atom. The molecule has 1 N–H and O–H groups in total. The van der Waals surface area contributed by atoms with E-state index in [0.29, 0.717) is 0 Å². The highest BCUT2D eigenvalue weighted by Crippen LogP contribution is 2.21. The predicted molar refractivity (Wildman–Crippen MR) is 49.9 cm³/mol. The largest absolute Gasteiger partial charge is 0.481 e. The molecule has 0 saturated carbocycles. The SMILES string of the molecule is CC(C(=O)O)C(=O)C(C)(Cl)CS. The summed E-state index contributed by atoms with van der Waals surface area (Å²) in [4.78, 5) is 20.5. The topological polar surface area (TPSA) is 54.4 Å². The summed E-state index contributed by atoms with van der Waals surface area (Å²) in [5.41, 5.74) is 0. The number of alkyl halides is 1. The molecule has 0 aromatic carbocycles. The first-order valence-electron chi connectivity index (χ1n) is 3.40. The Hall–Kier alpha value is -0.220. The molecule has 0 aliphatic heterocycles. The van der Waals surface area contributed by atoms with Gasteiger partial charge in [-0.2, -0.15) is 12.6 Å². The van der Waals surface area contributed by atoms with Crippen LogP contribution in [0.5, 0.6) is 0 Å². The highest BCUT2D eigenvalue weighted by atomic mass is 35.5.